The second-order valence-electron chi connectivity index (χ2n) is 5.47. The molecule has 6 nitrogen and oxygen atoms in total. The van der Waals surface area contributed by atoms with Crippen molar-refractivity contribution in [1.82, 2.24) is 19.9 Å². The molecule has 0 fully saturated rings. The summed E-state index contributed by atoms with van der Waals surface area (Å²) in [5.74, 6) is 1.45. The summed E-state index contributed by atoms with van der Waals surface area (Å²) < 4.78 is 0. The lowest BCUT2D eigenvalue weighted by Crippen LogP contribution is -2.25. The number of halogens is 1. The summed E-state index contributed by atoms with van der Waals surface area (Å²) in [7, 11) is 5.76. The molecule has 0 amide bonds. The minimum Gasteiger partial charge on any atom is -0.368 e. The van der Waals surface area contributed by atoms with Crippen molar-refractivity contribution in [3.8, 4) is 0 Å². The SMILES string of the molecule is CC(c1nc(N)nc(N(C)C)n1)N(C)Cc1cccc(Cl)c1. The van der Waals surface area contributed by atoms with E-state index in [2.05, 4.69) is 19.9 Å². The van der Waals surface area contributed by atoms with Gasteiger partial charge in [-0.15, -0.1) is 0 Å². The molecule has 0 aliphatic rings. The molecule has 0 radical (unpaired) electrons. The van der Waals surface area contributed by atoms with E-state index in [9.17, 15) is 0 Å². The van der Waals surface area contributed by atoms with Crippen molar-refractivity contribution in [3.05, 3.63) is 40.7 Å². The predicted octanol–water partition coefficient (Wildman–Crippen LogP) is 2.37. The Kier molecular flexibility index (Phi) is 5.15. The van der Waals surface area contributed by atoms with Crippen LogP contribution < -0.4 is 10.6 Å². The summed E-state index contributed by atoms with van der Waals surface area (Å²) in [6.45, 7) is 2.78. The van der Waals surface area contributed by atoms with Crippen molar-refractivity contribution in [2.24, 2.45) is 0 Å². The van der Waals surface area contributed by atoms with E-state index in [0.717, 1.165) is 17.1 Å². The monoisotopic (exact) mass is 320 g/mol. The number of nitrogens with zero attached hydrogens (tertiary/aromatic N) is 5. The van der Waals surface area contributed by atoms with Gasteiger partial charge >= 0.3 is 0 Å². The second kappa shape index (κ2) is 6.89. The van der Waals surface area contributed by atoms with E-state index in [-0.39, 0.29) is 12.0 Å². The van der Waals surface area contributed by atoms with E-state index in [0.29, 0.717) is 11.8 Å². The van der Waals surface area contributed by atoms with Crippen LogP contribution >= 0.6 is 11.6 Å². The smallest absolute Gasteiger partial charge is 0.229 e. The molecule has 7 heteroatoms. The molecule has 1 aromatic carbocycles. The van der Waals surface area contributed by atoms with Crippen LogP contribution in [0.3, 0.4) is 0 Å². The summed E-state index contributed by atoms with van der Waals surface area (Å²) in [5.41, 5.74) is 6.92. The molecule has 0 spiro atoms. The Hall–Kier alpha value is -1.92. The maximum absolute atomic E-state index is 6.03. The summed E-state index contributed by atoms with van der Waals surface area (Å²) in [6.07, 6.45) is 0. The highest BCUT2D eigenvalue weighted by atomic mass is 35.5. The third-order valence-corrected chi connectivity index (χ3v) is 3.65. The molecule has 1 atom stereocenters. The molecular weight excluding hydrogens is 300 g/mol. The first-order valence-corrected chi connectivity index (χ1v) is 7.38. The summed E-state index contributed by atoms with van der Waals surface area (Å²) in [6, 6.07) is 7.81. The summed E-state index contributed by atoms with van der Waals surface area (Å²) in [5, 5.41) is 0.734. The van der Waals surface area contributed by atoms with E-state index in [1.807, 2.05) is 57.2 Å². The molecule has 0 aliphatic carbocycles. The van der Waals surface area contributed by atoms with Crippen LogP contribution in [0.15, 0.2) is 24.3 Å². The van der Waals surface area contributed by atoms with Crippen LogP contribution in [0.5, 0.6) is 0 Å². The topological polar surface area (TPSA) is 71.2 Å². The van der Waals surface area contributed by atoms with Gasteiger partial charge in [0.1, 0.15) is 0 Å². The Labute approximate surface area is 135 Å². The minimum absolute atomic E-state index is 0.00276. The van der Waals surface area contributed by atoms with Gasteiger partial charge in [-0.25, -0.2) is 0 Å². The molecule has 0 aliphatic heterocycles. The number of nitrogen functional groups attached to an aromatic ring is 1. The Morgan fingerprint density at radius 1 is 1.18 bits per heavy atom. The Morgan fingerprint density at radius 2 is 1.91 bits per heavy atom. The van der Waals surface area contributed by atoms with Gasteiger partial charge < -0.3 is 10.6 Å². The fourth-order valence-electron chi connectivity index (χ4n) is 2.04. The van der Waals surface area contributed by atoms with Gasteiger partial charge in [0, 0.05) is 25.7 Å². The van der Waals surface area contributed by atoms with Crippen LogP contribution in [0.2, 0.25) is 5.02 Å². The molecule has 2 aromatic rings. The zero-order valence-electron chi connectivity index (χ0n) is 13.3. The fraction of sp³-hybridized carbons (Fsp3) is 0.400. The average molecular weight is 321 g/mol. The Bertz CT molecular complexity index is 646. The lowest BCUT2D eigenvalue weighted by atomic mass is 10.2. The van der Waals surface area contributed by atoms with Crippen LogP contribution in [-0.2, 0) is 6.54 Å². The lowest BCUT2D eigenvalue weighted by molar-refractivity contribution is 0.243. The molecule has 1 unspecified atom stereocenters. The van der Waals surface area contributed by atoms with E-state index < -0.39 is 0 Å². The highest BCUT2D eigenvalue weighted by molar-refractivity contribution is 6.30. The molecule has 2 rings (SSSR count). The third-order valence-electron chi connectivity index (χ3n) is 3.41. The maximum Gasteiger partial charge on any atom is 0.229 e. The summed E-state index contributed by atoms with van der Waals surface area (Å²) in [4.78, 5) is 16.8. The van der Waals surface area contributed by atoms with Crippen molar-refractivity contribution in [1.29, 1.82) is 0 Å². The fourth-order valence-corrected chi connectivity index (χ4v) is 2.25. The van der Waals surface area contributed by atoms with Gasteiger partial charge in [-0.1, -0.05) is 23.7 Å². The third kappa shape index (κ3) is 4.05. The van der Waals surface area contributed by atoms with Gasteiger partial charge in [-0.05, 0) is 31.7 Å². The van der Waals surface area contributed by atoms with Crippen LogP contribution in [0, 0.1) is 0 Å². The van der Waals surface area contributed by atoms with Crippen molar-refractivity contribution in [2.45, 2.75) is 19.5 Å². The van der Waals surface area contributed by atoms with Crippen molar-refractivity contribution in [2.75, 3.05) is 31.8 Å². The van der Waals surface area contributed by atoms with Crippen LogP contribution in [0.25, 0.3) is 0 Å². The quantitative estimate of drug-likeness (QED) is 0.912. The molecule has 1 aromatic heterocycles. The normalized spacial score (nSPS) is 12.5. The predicted molar refractivity (Wildman–Crippen MR) is 89.9 cm³/mol. The number of hydrogen-bond acceptors (Lipinski definition) is 6. The van der Waals surface area contributed by atoms with Gasteiger partial charge in [0.2, 0.25) is 11.9 Å². The van der Waals surface area contributed by atoms with E-state index in [1.54, 1.807) is 0 Å². The second-order valence-corrected chi connectivity index (χ2v) is 5.90. The number of aromatic nitrogens is 3. The number of anilines is 2. The van der Waals surface area contributed by atoms with Gasteiger partial charge in [-0.2, -0.15) is 15.0 Å². The van der Waals surface area contributed by atoms with Crippen LogP contribution in [0.1, 0.15) is 24.4 Å². The summed E-state index contributed by atoms with van der Waals surface area (Å²) >= 11 is 6.03. The van der Waals surface area contributed by atoms with Crippen molar-refractivity contribution >= 4 is 23.5 Å². The van der Waals surface area contributed by atoms with Crippen molar-refractivity contribution < 1.29 is 0 Å². The highest BCUT2D eigenvalue weighted by Crippen LogP contribution is 2.20. The first-order chi connectivity index (χ1) is 10.4. The standard InChI is InChI=1S/C15H21ClN6/c1-10(13-18-14(17)20-15(19-13)21(2)3)22(4)9-11-6-5-7-12(16)8-11/h5-8,10H,9H2,1-4H3,(H2,17,18,19,20). The number of hydrogen-bond donors (Lipinski definition) is 1. The zero-order chi connectivity index (χ0) is 16.3. The molecular formula is C15H21ClN6. The maximum atomic E-state index is 6.03. The van der Waals surface area contributed by atoms with Gasteiger partial charge in [-0.3, -0.25) is 4.90 Å². The van der Waals surface area contributed by atoms with E-state index >= 15 is 0 Å². The molecule has 0 saturated heterocycles. The van der Waals surface area contributed by atoms with Crippen LogP contribution in [-0.4, -0.2) is 41.0 Å². The Morgan fingerprint density at radius 3 is 2.55 bits per heavy atom. The molecule has 0 bridgehead atoms. The molecule has 22 heavy (non-hydrogen) atoms. The lowest BCUT2D eigenvalue weighted by Gasteiger charge is -2.24. The van der Waals surface area contributed by atoms with Gasteiger partial charge in [0.15, 0.2) is 5.82 Å². The molecule has 1 heterocycles. The zero-order valence-corrected chi connectivity index (χ0v) is 14.0. The minimum atomic E-state index is 0.00276. The van der Waals surface area contributed by atoms with E-state index in [1.165, 1.54) is 0 Å². The Balaban J connectivity index is 2.18. The van der Waals surface area contributed by atoms with Crippen molar-refractivity contribution in [3.63, 3.8) is 0 Å². The number of benzene rings is 1. The van der Waals surface area contributed by atoms with Crippen LogP contribution in [0.4, 0.5) is 11.9 Å². The largest absolute Gasteiger partial charge is 0.368 e. The highest BCUT2D eigenvalue weighted by Gasteiger charge is 2.17. The molecule has 118 valence electrons. The van der Waals surface area contributed by atoms with E-state index in [4.69, 9.17) is 17.3 Å². The first-order valence-electron chi connectivity index (χ1n) is 7.00. The first kappa shape index (κ1) is 16.5. The molecule has 0 saturated carbocycles. The van der Waals surface area contributed by atoms with Gasteiger partial charge in [0.05, 0.1) is 6.04 Å². The number of rotatable bonds is 5. The average Bonchev–Trinajstić information content (AvgIpc) is 2.45. The van der Waals surface area contributed by atoms with Gasteiger partial charge in [0.25, 0.3) is 0 Å². The molecule has 2 N–H and O–H groups in total. The number of nitrogens with two attached hydrogens (primary N) is 1.